The number of halogens is 2. The largest absolute Gasteiger partial charge is 0.310 e. The molecule has 7 aromatic rings. The molecule has 0 amide bonds. The molecule has 0 saturated carbocycles. The molecule has 4 heteroatoms. The Morgan fingerprint density at radius 3 is 1.64 bits per heavy atom. The van der Waals surface area contributed by atoms with Gasteiger partial charge in [0.25, 0.3) is 0 Å². The van der Waals surface area contributed by atoms with Crippen LogP contribution in [0.5, 0.6) is 0 Å². The molecule has 1 atom stereocenters. The fourth-order valence-corrected chi connectivity index (χ4v) is 10.3. The van der Waals surface area contributed by atoms with Gasteiger partial charge < -0.3 is 4.90 Å². The molecule has 0 bridgehead atoms. The van der Waals surface area contributed by atoms with Gasteiger partial charge in [-0.3, -0.25) is 0 Å². The molecule has 0 N–H and O–H groups in total. The lowest BCUT2D eigenvalue weighted by Gasteiger charge is -2.33. The molecule has 1 nitrogen and oxygen atoms in total. The maximum absolute atomic E-state index is 15.6. The lowest BCUT2D eigenvalue weighted by Crippen LogP contribution is -2.27. The van der Waals surface area contributed by atoms with Crippen molar-refractivity contribution in [1.82, 2.24) is 0 Å². The topological polar surface area (TPSA) is 3.24 Å². The summed E-state index contributed by atoms with van der Waals surface area (Å²) in [4.78, 5) is 2.37. The number of hydrogen-bond acceptors (Lipinski definition) is 1. The Kier molecular flexibility index (Phi) is 9.22. The summed E-state index contributed by atoms with van der Waals surface area (Å²) in [5.74, 6) is -0.630. The van der Waals surface area contributed by atoms with Crippen LogP contribution in [0, 0.1) is 11.6 Å². The second-order valence-electron chi connectivity index (χ2n) is 15.7. The van der Waals surface area contributed by atoms with E-state index in [4.69, 9.17) is 0 Å². The zero-order valence-electron chi connectivity index (χ0n) is 33.8. The van der Waals surface area contributed by atoms with E-state index in [0.717, 1.165) is 78.0 Å². The first-order valence-electron chi connectivity index (χ1n) is 20.2. The van der Waals surface area contributed by atoms with Crippen molar-refractivity contribution in [3.05, 3.63) is 208 Å². The van der Waals surface area contributed by atoms with Crippen molar-refractivity contribution in [1.29, 1.82) is 0 Å². The third kappa shape index (κ3) is 5.36. The number of hydrogen-bond donors (Lipinski definition) is 0. The average molecular weight is 778 g/mol. The van der Waals surface area contributed by atoms with Crippen LogP contribution in [0.2, 0.25) is 0 Å². The zero-order chi connectivity index (χ0) is 40.5. The van der Waals surface area contributed by atoms with Gasteiger partial charge in [0.15, 0.2) is 0 Å². The average Bonchev–Trinajstić information content (AvgIpc) is 3.78. The van der Waals surface area contributed by atoms with Crippen LogP contribution < -0.4 is 10.2 Å². The molecule has 1 spiro atoms. The normalized spacial score (nSPS) is 14.6. The van der Waals surface area contributed by atoms with E-state index in [-0.39, 0.29) is 17.0 Å². The van der Waals surface area contributed by atoms with Gasteiger partial charge >= 0.3 is 0 Å². The number of anilines is 3. The molecular formula is C54H46F2NP. The summed E-state index contributed by atoms with van der Waals surface area (Å²) in [6, 6.07) is 47.4. The van der Waals surface area contributed by atoms with Crippen LogP contribution in [0.3, 0.4) is 0 Å². The Morgan fingerprint density at radius 1 is 0.534 bits per heavy atom. The van der Waals surface area contributed by atoms with Crippen molar-refractivity contribution in [3.63, 3.8) is 0 Å². The van der Waals surface area contributed by atoms with E-state index in [1.807, 2.05) is 32.9 Å². The van der Waals surface area contributed by atoms with Gasteiger partial charge in [-0.05, 0) is 152 Å². The van der Waals surface area contributed by atoms with Crippen molar-refractivity contribution in [2.24, 2.45) is 0 Å². The standard InChI is InChI=1S/C52H40F2NP.C2H6/c1-5-11-31(6-2)37-12-8-10-15-50(37)55(34-18-23-39-38-13-7-9-14-44(38)51(3,4)45(39)28-34)35-19-24-42-43-25-20-36(56)30-49(43)52(48(42)29-35)46-26-32(53)16-21-40(46)41-22-17-33(54)27-47(41)52;1-2/h5-30H,56H2,1-4H3;1-2H3/b11-5-,31-6+;. The molecule has 10 rings (SSSR count). The number of nitrogens with zero attached hydrogens (tertiary/aromatic N) is 1. The highest BCUT2D eigenvalue weighted by Gasteiger charge is 2.52. The molecule has 0 saturated heterocycles. The molecule has 3 aliphatic rings. The van der Waals surface area contributed by atoms with E-state index >= 15 is 8.78 Å². The van der Waals surface area contributed by atoms with Gasteiger partial charge in [0.05, 0.1) is 11.1 Å². The van der Waals surface area contributed by atoms with Crippen molar-refractivity contribution < 1.29 is 8.78 Å². The van der Waals surface area contributed by atoms with Gasteiger partial charge in [0, 0.05) is 22.4 Å². The number of para-hydroxylation sites is 1. The maximum atomic E-state index is 15.6. The molecule has 286 valence electrons. The fourth-order valence-electron chi connectivity index (χ4n) is 10.0. The van der Waals surface area contributed by atoms with E-state index in [1.54, 1.807) is 12.1 Å². The smallest absolute Gasteiger partial charge is 0.123 e. The summed E-state index contributed by atoms with van der Waals surface area (Å²) < 4.78 is 31.1. The second-order valence-corrected chi connectivity index (χ2v) is 16.3. The van der Waals surface area contributed by atoms with Gasteiger partial charge in [-0.2, -0.15) is 0 Å². The Balaban J connectivity index is 0.00000215. The Morgan fingerprint density at radius 2 is 1.02 bits per heavy atom. The Labute approximate surface area is 343 Å². The summed E-state index contributed by atoms with van der Waals surface area (Å²) in [7, 11) is 2.83. The van der Waals surface area contributed by atoms with Gasteiger partial charge in [0.2, 0.25) is 0 Å². The minimum absolute atomic E-state index is 0.197. The lowest BCUT2D eigenvalue weighted by atomic mass is 9.70. The first-order valence-corrected chi connectivity index (χ1v) is 20.8. The minimum atomic E-state index is -0.936. The fraction of sp³-hybridized carbons (Fsp3) is 0.148. The number of allylic oxidation sites excluding steroid dienone is 4. The summed E-state index contributed by atoms with van der Waals surface area (Å²) in [5.41, 5.74) is 16.9. The molecule has 58 heavy (non-hydrogen) atoms. The van der Waals surface area contributed by atoms with Crippen LogP contribution in [0.25, 0.3) is 39.0 Å². The van der Waals surface area contributed by atoms with Crippen molar-refractivity contribution >= 4 is 37.2 Å². The summed E-state index contributed by atoms with van der Waals surface area (Å²) in [6.07, 6.45) is 6.39. The highest BCUT2D eigenvalue weighted by atomic mass is 31.0. The first-order chi connectivity index (χ1) is 28.2. The van der Waals surface area contributed by atoms with E-state index in [0.29, 0.717) is 0 Å². The van der Waals surface area contributed by atoms with Gasteiger partial charge in [-0.1, -0.05) is 125 Å². The minimum Gasteiger partial charge on any atom is -0.310 e. The van der Waals surface area contributed by atoms with Crippen LogP contribution in [0.15, 0.2) is 158 Å². The molecule has 3 aliphatic carbocycles. The van der Waals surface area contributed by atoms with Gasteiger partial charge in [-0.25, -0.2) is 8.78 Å². The zero-order valence-corrected chi connectivity index (χ0v) is 34.9. The molecule has 0 aromatic heterocycles. The highest BCUT2D eigenvalue weighted by Crippen LogP contribution is 2.63. The predicted octanol–water partition coefficient (Wildman–Crippen LogP) is 14.6. The molecule has 0 heterocycles. The third-order valence-electron chi connectivity index (χ3n) is 12.4. The molecule has 0 fully saturated rings. The van der Waals surface area contributed by atoms with Gasteiger partial charge in [-0.15, -0.1) is 9.24 Å². The molecular weight excluding hydrogens is 732 g/mol. The van der Waals surface area contributed by atoms with E-state index in [2.05, 4.69) is 156 Å². The lowest BCUT2D eigenvalue weighted by molar-refractivity contribution is 0.618. The van der Waals surface area contributed by atoms with Crippen LogP contribution >= 0.6 is 9.24 Å². The number of rotatable bonds is 5. The van der Waals surface area contributed by atoms with Crippen molar-refractivity contribution in [3.8, 4) is 33.4 Å². The van der Waals surface area contributed by atoms with E-state index in [9.17, 15) is 0 Å². The maximum Gasteiger partial charge on any atom is 0.123 e. The summed E-state index contributed by atoms with van der Waals surface area (Å²) >= 11 is 0. The monoisotopic (exact) mass is 777 g/mol. The SMILES string of the molecule is C/C=C\C(=C/C)c1ccccc1N(c1ccc2c(c1)C(C)(C)c1ccccc1-2)c1ccc2c(c1)C1(c3cc(F)ccc3-c3ccc(F)cc31)c1cc(P)ccc1-2.CC. The summed E-state index contributed by atoms with van der Waals surface area (Å²) in [6.45, 7) is 12.8. The summed E-state index contributed by atoms with van der Waals surface area (Å²) in [5, 5.41) is 1.01. The van der Waals surface area contributed by atoms with Crippen LogP contribution in [0.1, 0.15) is 80.5 Å². The first kappa shape index (κ1) is 37.7. The number of fused-ring (bicyclic) bond motifs is 13. The molecule has 1 unspecified atom stereocenters. The van der Waals surface area contributed by atoms with E-state index in [1.165, 1.54) is 34.4 Å². The quantitative estimate of drug-likeness (QED) is 0.124. The Bertz CT molecular complexity index is 2790. The van der Waals surface area contributed by atoms with Crippen molar-refractivity contribution in [2.75, 3.05) is 4.90 Å². The van der Waals surface area contributed by atoms with Gasteiger partial charge in [0.1, 0.15) is 11.6 Å². The number of benzene rings is 7. The van der Waals surface area contributed by atoms with Crippen LogP contribution in [-0.4, -0.2) is 0 Å². The van der Waals surface area contributed by atoms with Crippen LogP contribution in [0.4, 0.5) is 25.8 Å². The van der Waals surface area contributed by atoms with E-state index < -0.39 is 5.41 Å². The van der Waals surface area contributed by atoms with Crippen molar-refractivity contribution in [2.45, 2.75) is 52.4 Å². The third-order valence-corrected chi connectivity index (χ3v) is 12.8. The molecule has 7 aromatic carbocycles. The predicted molar refractivity (Wildman–Crippen MR) is 244 cm³/mol. The van der Waals surface area contributed by atoms with Crippen LogP contribution in [-0.2, 0) is 10.8 Å². The second kappa shape index (κ2) is 14.2. The molecule has 0 radical (unpaired) electrons. The highest BCUT2D eigenvalue weighted by molar-refractivity contribution is 7.27. The molecule has 0 aliphatic heterocycles. The Hall–Kier alpha value is -5.89.